The maximum Gasteiger partial charge on any atom is 0.340 e. The number of para-hydroxylation sites is 1. The highest BCUT2D eigenvalue weighted by molar-refractivity contribution is 5.99. The quantitative estimate of drug-likeness (QED) is 0.677. The van der Waals surface area contributed by atoms with E-state index in [-0.39, 0.29) is 5.97 Å². The lowest BCUT2D eigenvalue weighted by Crippen LogP contribution is -2.40. The van der Waals surface area contributed by atoms with Gasteiger partial charge in [-0.05, 0) is 37.8 Å². The minimum absolute atomic E-state index is 0.312. The number of nitrogens with two attached hydrogens (primary N) is 1. The fourth-order valence-corrected chi connectivity index (χ4v) is 3.08. The van der Waals surface area contributed by atoms with Crippen LogP contribution in [-0.2, 0) is 4.74 Å². The number of benzene rings is 1. The van der Waals surface area contributed by atoms with Crippen LogP contribution in [-0.4, -0.2) is 25.7 Å². The summed E-state index contributed by atoms with van der Waals surface area (Å²) in [6, 6.07) is 5.94. The fraction of sp³-hybridized carbons (Fsp3) is 0.562. The predicted octanol–water partition coefficient (Wildman–Crippen LogP) is 3.21. The van der Waals surface area contributed by atoms with Gasteiger partial charge >= 0.3 is 5.97 Å². The van der Waals surface area contributed by atoms with Crippen LogP contribution in [0.2, 0.25) is 0 Å². The second-order valence-electron chi connectivity index (χ2n) is 5.37. The summed E-state index contributed by atoms with van der Waals surface area (Å²) in [7, 11) is 1.41. The molecule has 0 aliphatic carbocycles. The minimum Gasteiger partial charge on any atom is -0.465 e. The fourth-order valence-electron chi connectivity index (χ4n) is 3.08. The smallest absolute Gasteiger partial charge is 0.340 e. The molecule has 1 aliphatic rings. The van der Waals surface area contributed by atoms with Crippen molar-refractivity contribution in [3.63, 3.8) is 0 Å². The molecule has 1 atom stereocenters. The second kappa shape index (κ2) is 6.64. The van der Waals surface area contributed by atoms with Gasteiger partial charge in [0.2, 0.25) is 0 Å². The number of rotatable bonds is 4. The molecule has 0 radical (unpaired) electrons. The van der Waals surface area contributed by atoms with Crippen LogP contribution in [0.3, 0.4) is 0 Å². The minimum atomic E-state index is -0.312. The molecule has 0 saturated carbocycles. The second-order valence-corrected chi connectivity index (χ2v) is 5.37. The number of piperidine rings is 1. The van der Waals surface area contributed by atoms with Crippen LogP contribution in [0, 0.1) is 0 Å². The zero-order chi connectivity index (χ0) is 14.5. The summed E-state index contributed by atoms with van der Waals surface area (Å²) in [6.07, 6.45) is 5.84. The van der Waals surface area contributed by atoms with Crippen molar-refractivity contribution in [2.24, 2.45) is 0 Å². The Morgan fingerprint density at radius 3 is 2.95 bits per heavy atom. The Balaban J connectivity index is 2.41. The zero-order valence-corrected chi connectivity index (χ0v) is 12.4. The highest BCUT2D eigenvalue weighted by Gasteiger charge is 2.27. The highest BCUT2D eigenvalue weighted by Crippen LogP contribution is 2.34. The first-order chi connectivity index (χ1) is 9.69. The van der Waals surface area contributed by atoms with Crippen molar-refractivity contribution in [2.75, 3.05) is 24.3 Å². The lowest BCUT2D eigenvalue weighted by Gasteiger charge is -2.39. The molecule has 0 bridgehead atoms. The Morgan fingerprint density at radius 2 is 2.25 bits per heavy atom. The molecule has 2 rings (SSSR count). The number of ether oxygens (including phenoxy) is 1. The summed E-state index contributed by atoms with van der Waals surface area (Å²) < 4.78 is 4.90. The maximum atomic E-state index is 12.0. The number of carbonyl (C=O) groups is 1. The molecule has 0 spiro atoms. The Morgan fingerprint density at radius 1 is 1.45 bits per heavy atom. The van der Waals surface area contributed by atoms with E-state index in [0.29, 0.717) is 17.3 Å². The van der Waals surface area contributed by atoms with Crippen LogP contribution < -0.4 is 10.6 Å². The molecule has 4 nitrogen and oxygen atoms in total. The van der Waals surface area contributed by atoms with E-state index in [1.807, 2.05) is 12.1 Å². The van der Waals surface area contributed by atoms with E-state index in [9.17, 15) is 4.79 Å². The molecule has 1 fully saturated rings. The van der Waals surface area contributed by atoms with Crippen molar-refractivity contribution in [1.82, 2.24) is 0 Å². The van der Waals surface area contributed by atoms with Crippen LogP contribution in [0.25, 0.3) is 0 Å². The number of esters is 1. The molecule has 1 unspecified atom stereocenters. The van der Waals surface area contributed by atoms with Gasteiger partial charge in [0.1, 0.15) is 0 Å². The first kappa shape index (κ1) is 14.7. The Hall–Kier alpha value is -1.71. The van der Waals surface area contributed by atoms with E-state index >= 15 is 0 Å². The lowest BCUT2D eigenvalue weighted by atomic mass is 9.96. The summed E-state index contributed by atoms with van der Waals surface area (Å²) in [5.74, 6) is -0.312. The number of hydrogen-bond donors (Lipinski definition) is 1. The molecule has 2 N–H and O–H groups in total. The molecule has 1 aromatic carbocycles. The average Bonchev–Trinajstić information content (AvgIpc) is 2.47. The molecular weight excluding hydrogens is 252 g/mol. The molecule has 1 heterocycles. The average molecular weight is 276 g/mol. The number of nitrogen functional groups attached to an aromatic ring is 1. The van der Waals surface area contributed by atoms with Gasteiger partial charge in [-0.2, -0.15) is 0 Å². The van der Waals surface area contributed by atoms with Crippen molar-refractivity contribution in [3.05, 3.63) is 23.8 Å². The Kier molecular flexibility index (Phi) is 4.88. The molecular formula is C16H24N2O2. The molecule has 0 amide bonds. The first-order valence-corrected chi connectivity index (χ1v) is 7.42. The van der Waals surface area contributed by atoms with Gasteiger partial charge in [0.05, 0.1) is 24.0 Å². The third-order valence-electron chi connectivity index (χ3n) is 4.01. The number of nitrogens with zero attached hydrogens (tertiary/aromatic N) is 1. The van der Waals surface area contributed by atoms with Gasteiger partial charge in [-0.3, -0.25) is 0 Å². The van der Waals surface area contributed by atoms with Crippen LogP contribution in [0.15, 0.2) is 18.2 Å². The Labute approximate surface area is 120 Å². The van der Waals surface area contributed by atoms with Crippen molar-refractivity contribution < 1.29 is 9.53 Å². The number of anilines is 2. The van der Waals surface area contributed by atoms with Crippen molar-refractivity contribution in [1.29, 1.82) is 0 Å². The van der Waals surface area contributed by atoms with Gasteiger partial charge in [-0.1, -0.05) is 19.4 Å². The SMILES string of the molecule is CCCC1CCCCN1c1c(N)cccc1C(=O)OC. The molecule has 1 aromatic rings. The van der Waals surface area contributed by atoms with E-state index < -0.39 is 0 Å². The summed E-state index contributed by atoms with van der Waals surface area (Å²) in [5, 5.41) is 0. The van der Waals surface area contributed by atoms with E-state index in [0.717, 1.165) is 31.5 Å². The summed E-state index contributed by atoms with van der Waals surface area (Å²) in [5.41, 5.74) is 8.25. The van der Waals surface area contributed by atoms with E-state index in [4.69, 9.17) is 10.5 Å². The molecule has 110 valence electrons. The predicted molar refractivity (Wildman–Crippen MR) is 82.1 cm³/mol. The largest absolute Gasteiger partial charge is 0.465 e. The molecule has 4 heteroatoms. The molecule has 1 saturated heterocycles. The number of methoxy groups -OCH3 is 1. The van der Waals surface area contributed by atoms with Crippen LogP contribution >= 0.6 is 0 Å². The monoisotopic (exact) mass is 276 g/mol. The number of carbonyl (C=O) groups excluding carboxylic acids is 1. The molecule has 0 aromatic heterocycles. The van der Waals surface area contributed by atoms with Gasteiger partial charge in [-0.25, -0.2) is 4.79 Å². The van der Waals surface area contributed by atoms with Crippen LogP contribution in [0.4, 0.5) is 11.4 Å². The topological polar surface area (TPSA) is 55.6 Å². The molecule has 1 aliphatic heterocycles. The highest BCUT2D eigenvalue weighted by atomic mass is 16.5. The lowest BCUT2D eigenvalue weighted by molar-refractivity contribution is 0.0601. The number of hydrogen-bond acceptors (Lipinski definition) is 4. The van der Waals surface area contributed by atoms with Gasteiger partial charge in [0.15, 0.2) is 0 Å². The van der Waals surface area contributed by atoms with Crippen molar-refractivity contribution in [3.8, 4) is 0 Å². The van der Waals surface area contributed by atoms with Gasteiger partial charge in [0, 0.05) is 12.6 Å². The van der Waals surface area contributed by atoms with Crippen molar-refractivity contribution >= 4 is 17.3 Å². The van der Waals surface area contributed by atoms with Crippen LogP contribution in [0.1, 0.15) is 49.4 Å². The normalized spacial score (nSPS) is 18.9. The van der Waals surface area contributed by atoms with Gasteiger partial charge in [-0.15, -0.1) is 0 Å². The maximum absolute atomic E-state index is 12.0. The third kappa shape index (κ3) is 2.89. The van der Waals surface area contributed by atoms with Crippen LogP contribution in [0.5, 0.6) is 0 Å². The summed E-state index contributed by atoms with van der Waals surface area (Å²) >= 11 is 0. The van der Waals surface area contributed by atoms with Gasteiger partial charge in [0.25, 0.3) is 0 Å². The third-order valence-corrected chi connectivity index (χ3v) is 4.01. The van der Waals surface area contributed by atoms with E-state index in [2.05, 4.69) is 11.8 Å². The standard InChI is InChI=1S/C16H24N2O2/c1-3-7-12-8-4-5-11-18(12)15-13(16(19)20-2)9-6-10-14(15)17/h6,9-10,12H,3-5,7-8,11,17H2,1-2H3. The molecule has 20 heavy (non-hydrogen) atoms. The van der Waals surface area contributed by atoms with E-state index in [1.165, 1.54) is 20.0 Å². The van der Waals surface area contributed by atoms with Crippen molar-refractivity contribution in [2.45, 2.75) is 45.1 Å². The summed E-state index contributed by atoms with van der Waals surface area (Å²) in [6.45, 7) is 3.16. The Bertz CT molecular complexity index is 472. The zero-order valence-electron chi connectivity index (χ0n) is 12.4. The first-order valence-electron chi connectivity index (χ1n) is 7.42. The van der Waals surface area contributed by atoms with Gasteiger partial charge < -0.3 is 15.4 Å². The summed E-state index contributed by atoms with van der Waals surface area (Å²) in [4.78, 5) is 14.3. The van der Waals surface area contributed by atoms with E-state index in [1.54, 1.807) is 6.07 Å².